The first-order valence-corrected chi connectivity index (χ1v) is 9.90. The largest absolute Gasteiger partial charge is 0.353 e. The molecule has 0 bridgehead atoms. The predicted octanol–water partition coefficient (Wildman–Crippen LogP) is 1.43. The summed E-state index contributed by atoms with van der Waals surface area (Å²) in [6.07, 6.45) is 3.81. The fourth-order valence-electron chi connectivity index (χ4n) is 3.59. The zero-order valence-electron chi connectivity index (χ0n) is 16.7. The number of benzene rings is 1. The summed E-state index contributed by atoms with van der Waals surface area (Å²) in [5, 5.41) is 7.10. The molecule has 7 heteroatoms. The van der Waals surface area contributed by atoms with E-state index in [2.05, 4.69) is 34.4 Å². The van der Waals surface area contributed by atoms with Gasteiger partial charge in [-0.2, -0.15) is 5.10 Å². The summed E-state index contributed by atoms with van der Waals surface area (Å²) in [5.74, 6) is -0.0530. The van der Waals surface area contributed by atoms with Crippen LogP contribution >= 0.6 is 0 Å². The van der Waals surface area contributed by atoms with Crippen molar-refractivity contribution in [2.24, 2.45) is 0 Å². The first-order chi connectivity index (χ1) is 13.6. The smallest absolute Gasteiger partial charge is 0.237 e. The number of likely N-dealkylation sites (N-methyl/N-ethyl adjacent to an activating group) is 1. The SMILES string of the molecule is CCN(CCn1cccn1)C(=O)CC1C(=O)NCCN1Cc1ccccc1C. The molecule has 0 spiro atoms. The van der Waals surface area contributed by atoms with Crippen molar-refractivity contribution in [2.45, 2.75) is 39.4 Å². The van der Waals surface area contributed by atoms with Gasteiger partial charge in [-0.3, -0.25) is 19.2 Å². The molecule has 1 aromatic carbocycles. The summed E-state index contributed by atoms with van der Waals surface area (Å²) in [6.45, 7) is 7.94. The first-order valence-electron chi connectivity index (χ1n) is 9.90. The molecule has 2 aromatic rings. The van der Waals surface area contributed by atoms with Crippen molar-refractivity contribution in [3.8, 4) is 0 Å². The molecule has 150 valence electrons. The number of aromatic nitrogens is 2. The van der Waals surface area contributed by atoms with Gasteiger partial charge in [-0.15, -0.1) is 0 Å². The van der Waals surface area contributed by atoms with Crippen LogP contribution in [0.25, 0.3) is 0 Å². The Balaban J connectivity index is 1.64. The van der Waals surface area contributed by atoms with Crippen molar-refractivity contribution in [1.29, 1.82) is 0 Å². The highest BCUT2D eigenvalue weighted by atomic mass is 16.2. The summed E-state index contributed by atoms with van der Waals surface area (Å²) in [5.41, 5.74) is 2.40. The average Bonchev–Trinajstić information content (AvgIpc) is 3.20. The summed E-state index contributed by atoms with van der Waals surface area (Å²) in [7, 11) is 0. The minimum atomic E-state index is -0.431. The summed E-state index contributed by atoms with van der Waals surface area (Å²) < 4.78 is 1.81. The van der Waals surface area contributed by atoms with Crippen LogP contribution in [0.15, 0.2) is 42.7 Å². The number of carbonyl (C=O) groups is 2. The van der Waals surface area contributed by atoms with Gasteiger partial charge in [-0.1, -0.05) is 24.3 Å². The van der Waals surface area contributed by atoms with Gasteiger partial charge in [-0.05, 0) is 31.0 Å². The minimum Gasteiger partial charge on any atom is -0.353 e. The number of carbonyl (C=O) groups excluding carboxylic acids is 2. The molecule has 28 heavy (non-hydrogen) atoms. The van der Waals surface area contributed by atoms with Crippen LogP contribution in [0.4, 0.5) is 0 Å². The number of nitrogens with zero attached hydrogens (tertiary/aromatic N) is 4. The molecule has 1 fully saturated rings. The van der Waals surface area contributed by atoms with Crippen LogP contribution in [-0.2, 0) is 22.7 Å². The maximum absolute atomic E-state index is 12.9. The van der Waals surface area contributed by atoms with Crippen LogP contribution in [0.3, 0.4) is 0 Å². The Kier molecular flexibility index (Phi) is 6.81. The molecule has 1 atom stereocenters. The third-order valence-corrected chi connectivity index (χ3v) is 5.34. The Labute approximate surface area is 166 Å². The normalized spacial score (nSPS) is 17.4. The predicted molar refractivity (Wildman–Crippen MR) is 107 cm³/mol. The zero-order valence-corrected chi connectivity index (χ0v) is 16.7. The molecule has 1 aliphatic rings. The number of hydrogen-bond donors (Lipinski definition) is 1. The lowest BCUT2D eigenvalue weighted by Gasteiger charge is -2.36. The molecule has 0 saturated carbocycles. The third-order valence-electron chi connectivity index (χ3n) is 5.34. The van der Waals surface area contributed by atoms with E-state index in [0.29, 0.717) is 32.7 Å². The second kappa shape index (κ2) is 9.50. The zero-order chi connectivity index (χ0) is 19.9. The fraction of sp³-hybridized carbons (Fsp3) is 0.476. The monoisotopic (exact) mass is 383 g/mol. The van der Waals surface area contributed by atoms with Crippen LogP contribution in [0, 0.1) is 6.92 Å². The summed E-state index contributed by atoms with van der Waals surface area (Å²) >= 11 is 0. The highest BCUT2D eigenvalue weighted by Gasteiger charge is 2.32. The molecule has 0 radical (unpaired) electrons. The lowest BCUT2D eigenvalue weighted by Crippen LogP contribution is -2.56. The van der Waals surface area contributed by atoms with E-state index in [4.69, 9.17) is 0 Å². The van der Waals surface area contributed by atoms with Gasteiger partial charge in [0.15, 0.2) is 0 Å². The van der Waals surface area contributed by atoms with Crippen molar-refractivity contribution in [1.82, 2.24) is 24.9 Å². The Hall–Kier alpha value is -2.67. The molecule has 7 nitrogen and oxygen atoms in total. The molecular formula is C21H29N5O2. The molecule has 1 aromatic heterocycles. The number of hydrogen-bond acceptors (Lipinski definition) is 4. The van der Waals surface area contributed by atoms with Crippen LogP contribution in [0.5, 0.6) is 0 Å². The fourth-order valence-corrected chi connectivity index (χ4v) is 3.59. The molecule has 1 aliphatic heterocycles. The van der Waals surface area contributed by atoms with E-state index in [1.807, 2.05) is 36.0 Å². The average molecular weight is 383 g/mol. The number of amides is 2. The van der Waals surface area contributed by atoms with E-state index in [1.54, 1.807) is 11.1 Å². The van der Waals surface area contributed by atoms with Crippen molar-refractivity contribution in [3.63, 3.8) is 0 Å². The van der Waals surface area contributed by atoms with Crippen molar-refractivity contribution >= 4 is 11.8 Å². The van der Waals surface area contributed by atoms with Gasteiger partial charge in [-0.25, -0.2) is 0 Å². The van der Waals surface area contributed by atoms with Gasteiger partial charge in [0, 0.05) is 45.1 Å². The molecule has 1 saturated heterocycles. The Morgan fingerprint density at radius 1 is 1.32 bits per heavy atom. The summed E-state index contributed by atoms with van der Waals surface area (Å²) in [6, 6.07) is 9.63. The van der Waals surface area contributed by atoms with Crippen LogP contribution in [0.1, 0.15) is 24.5 Å². The maximum atomic E-state index is 12.9. The van der Waals surface area contributed by atoms with Crippen molar-refractivity contribution in [3.05, 3.63) is 53.9 Å². The Morgan fingerprint density at radius 2 is 2.14 bits per heavy atom. The Bertz CT molecular complexity index is 790. The quantitative estimate of drug-likeness (QED) is 0.749. The highest BCUT2D eigenvalue weighted by Crippen LogP contribution is 2.17. The maximum Gasteiger partial charge on any atom is 0.237 e. The highest BCUT2D eigenvalue weighted by molar-refractivity contribution is 5.88. The van der Waals surface area contributed by atoms with Crippen LogP contribution in [0.2, 0.25) is 0 Å². The van der Waals surface area contributed by atoms with Gasteiger partial charge in [0.05, 0.1) is 19.0 Å². The topological polar surface area (TPSA) is 70.5 Å². The lowest BCUT2D eigenvalue weighted by atomic mass is 10.0. The molecule has 2 heterocycles. The molecule has 1 unspecified atom stereocenters. The molecule has 3 rings (SSSR count). The second-order valence-electron chi connectivity index (χ2n) is 7.15. The van der Waals surface area contributed by atoms with Gasteiger partial charge in [0.2, 0.25) is 11.8 Å². The number of piperazine rings is 1. The van der Waals surface area contributed by atoms with Crippen molar-refractivity contribution < 1.29 is 9.59 Å². The molecule has 1 N–H and O–H groups in total. The third kappa shape index (κ3) is 4.98. The van der Waals surface area contributed by atoms with Gasteiger partial charge in [0.25, 0.3) is 0 Å². The second-order valence-corrected chi connectivity index (χ2v) is 7.15. The standard InChI is InChI=1S/C21H29N5O2/c1-3-24(13-14-26-11-6-9-23-26)20(27)15-19-21(28)22-10-12-25(19)16-18-8-5-4-7-17(18)2/h4-9,11,19H,3,10,12-16H2,1-2H3,(H,22,28). The Morgan fingerprint density at radius 3 is 2.86 bits per heavy atom. The van der Waals surface area contributed by atoms with E-state index in [-0.39, 0.29) is 18.2 Å². The van der Waals surface area contributed by atoms with Gasteiger partial charge < -0.3 is 10.2 Å². The number of rotatable bonds is 8. The molecule has 0 aliphatic carbocycles. The minimum absolute atomic E-state index is 0.00601. The van der Waals surface area contributed by atoms with E-state index in [0.717, 1.165) is 6.54 Å². The lowest BCUT2D eigenvalue weighted by molar-refractivity contribution is -0.139. The van der Waals surface area contributed by atoms with Gasteiger partial charge in [0.1, 0.15) is 0 Å². The van der Waals surface area contributed by atoms with Crippen LogP contribution < -0.4 is 5.32 Å². The number of nitrogens with one attached hydrogen (secondary N) is 1. The first kappa shape index (κ1) is 20.1. The van der Waals surface area contributed by atoms with E-state index in [9.17, 15) is 9.59 Å². The summed E-state index contributed by atoms with van der Waals surface area (Å²) in [4.78, 5) is 29.4. The molecule has 2 amide bonds. The van der Waals surface area contributed by atoms with Crippen LogP contribution in [-0.4, -0.2) is 63.6 Å². The van der Waals surface area contributed by atoms with E-state index < -0.39 is 6.04 Å². The van der Waals surface area contributed by atoms with E-state index in [1.165, 1.54) is 11.1 Å². The molecular weight excluding hydrogens is 354 g/mol. The van der Waals surface area contributed by atoms with Crippen molar-refractivity contribution in [2.75, 3.05) is 26.2 Å². The van der Waals surface area contributed by atoms with Gasteiger partial charge >= 0.3 is 0 Å². The van der Waals surface area contributed by atoms with E-state index >= 15 is 0 Å². The number of aryl methyl sites for hydroxylation is 1.